The summed E-state index contributed by atoms with van der Waals surface area (Å²) < 4.78 is 5.36. The maximum absolute atomic E-state index is 5.36. The zero-order chi connectivity index (χ0) is 9.56. The van der Waals surface area contributed by atoms with Crippen molar-refractivity contribution in [3.63, 3.8) is 0 Å². The van der Waals surface area contributed by atoms with Crippen LogP contribution < -0.4 is 0 Å². The van der Waals surface area contributed by atoms with E-state index in [2.05, 4.69) is 44.9 Å². The van der Waals surface area contributed by atoms with Crippen LogP contribution in [0.4, 0.5) is 0 Å². The molecule has 0 heterocycles. The van der Waals surface area contributed by atoms with Gasteiger partial charge in [-0.25, -0.2) is 0 Å². The van der Waals surface area contributed by atoms with Gasteiger partial charge in [-0.05, 0) is 35.1 Å². The van der Waals surface area contributed by atoms with E-state index in [0.717, 1.165) is 13.0 Å². The van der Waals surface area contributed by atoms with Crippen molar-refractivity contribution < 1.29 is 4.74 Å². The first-order valence-electron chi connectivity index (χ1n) is 4.35. The highest BCUT2D eigenvalue weighted by molar-refractivity contribution is 4.62. The van der Waals surface area contributed by atoms with Crippen molar-refractivity contribution in [2.45, 2.75) is 19.5 Å². The summed E-state index contributed by atoms with van der Waals surface area (Å²) >= 11 is 0. The van der Waals surface area contributed by atoms with E-state index in [1.807, 2.05) is 6.61 Å². The van der Waals surface area contributed by atoms with Gasteiger partial charge in [0.2, 0.25) is 6.61 Å². The minimum absolute atomic E-state index is 0.354. The Labute approximate surface area is 76.3 Å². The smallest absolute Gasteiger partial charge is 0.227 e. The normalized spacial score (nSPS) is 11.7. The molecule has 0 N–H and O–H groups in total. The average Bonchev–Trinajstić information content (AvgIpc) is 1.96. The number of rotatable bonds is 6. The molecule has 0 aliphatic rings. The van der Waals surface area contributed by atoms with Gasteiger partial charge < -0.3 is 0 Å². The highest BCUT2D eigenvalue weighted by Crippen LogP contribution is 1.99. The van der Waals surface area contributed by atoms with Crippen molar-refractivity contribution in [3.8, 4) is 0 Å². The van der Waals surface area contributed by atoms with Gasteiger partial charge in [-0.3, -0.25) is 9.80 Å². The maximum Gasteiger partial charge on any atom is 0.227 e. The molecule has 72 valence electrons. The Kier molecular flexibility index (Phi) is 6.16. The van der Waals surface area contributed by atoms with Crippen molar-refractivity contribution in [1.82, 2.24) is 9.80 Å². The predicted molar refractivity (Wildman–Crippen MR) is 51.7 cm³/mol. The van der Waals surface area contributed by atoms with Gasteiger partial charge in [0, 0.05) is 0 Å². The van der Waals surface area contributed by atoms with E-state index < -0.39 is 0 Å². The second-order valence-corrected chi connectivity index (χ2v) is 3.32. The molecule has 0 fully saturated rings. The van der Waals surface area contributed by atoms with Crippen molar-refractivity contribution in [2.24, 2.45) is 0 Å². The van der Waals surface area contributed by atoms with E-state index in [9.17, 15) is 0 Å². The highest BCUT2D eigenvalue weighted by Gasteiger charge is 2.15. The van der Waals surface area contributed by atoms with Crippen LogP contribution in [0.1, 0.15) is 13.3 Å². The number of hydrogen-bond donors (Lipinski definition) is 0. The number of nitrogens with zero attached hydrogens (tertiary/aromatic N) is 2. The Balaban J connectivity index is 3.64. The first kappa shape index (κ1) is 11.8. The molecule has 0 spiro atoms. The van der Waals surface area contributed by atoms with E-state index in [-0.39, 0.29) is 0 Å². The predicted octanol–water partition coefficient (Wildman–Crippen LogP) is 1.02. The molecule has 12 heavy (non-hydrogen) atoms. The van der Waals surface area contributed by atoms with Gasteiger partial charge in [0.05, 0.1) is 6.17 Å². The second-order valence-electron chi connectivity index (χ2n) is 3.32. The van der Waals surface area contributed by atoms with Crippen molar-refractivity contribution in [3.05, 3.63) is 6.61 Å². The fourth-order valence-corrected chi connectivity index (χ4v) is 1.03. The lowest BCUT2D eigenvalue weighted by Gasteiger charge is -2.28. The topological polar surface area (TPSA) is 15.7 Å². The molecular weight excluding hydrogens is 152 g/mol. The molecule has 0 aromatic rings. The van der Waals surface area contributed by atoms with Gasteiger partial charge in [-0.15, -0.1) is 0 Å². The summed E-state index contributed by atoms with van der Waals surface area (Å²) in [6.45, 7) is 4.65. The van der Waals surface area contributed by atoms with E-state index >= 15 is 0 Å². The van der Waals surface area contributed by atoms with Crippen molar-refractivity contribution in [1.29, 1.82) is 0 Å². The zero-order valence-electron chi connectivity index (χ0n) is 8.87. The molecule has 0 amide bonds. The number of hydrogen-bond acceptors (Lipinski definition) is 3. The maximum atomic E-state index is 5.36. The Hall–Kier alpha value is -0.250. The Morgan fingerprint density at radius 3 is 2.00 bits per heavy atom. The molecule has 0 rings (SSSR count). The van der Waals surface area contributed by atoms with Crippen LogP contribution in [-0.2, 0) is 4.74 Å². The molecule has 0 saturated carbocycles. The second kappa shape index (κ2) is 6.29. The summed E-state index contributed by atoms with van der Waals surface area (Å²) in [7, 11) is 8.22. The lowest BCUT2D eigenvalue weighted by atomic mass is 10.4. The minimum Gasteiger partial charge on any atom is -0.292 e. The Bertz CT molecular complexity index is 96.7. The SMILES string of the molecule is CC[CH+]OCC(N(C)C)N(C)C. The van der Waals surface area contributed by atoms with Crippen molar-refractivity contribution >= 4 is 0 Å². The summed E-state index contributed by atoms with van der Waals surface area (Å²) in [6.07, 6.45) is 1.32. The van der Waals surface area contributed by atoms with Crippen LogP contribution in [0.2, 0.25) is 0 Å². The quantitative estimate of drug-likeness (QED) is 0.339. The standard InChI is InChI=1S/C9H21N2O/c1-6-7-12-8-9(10(2)3)11(4)5/h7,9H,6,8H2,1-5H3/q+1. The summed E-state index contributed by atoms with van der Waals surface area (Å²) in [4.78, 5) is 4.28. The minimum atomic E-state index is 0.354. The molecule has 0 bridgehead atoms. The van der Waals surface area contributed by atoms with Gasteiger partial charge >= 0.3 is 0 Å². The molecule has 0 unspecified atom stereocenters. The van der Waals surface area contributed by atoms with Gasteiger partial charge in [0.15, 0.2) is 0 Å². The summed E-state index contributed by atoms with van der Waals surface area (Å²) in [5.41, 5.74) is 0. The number of likely N-dealkylation sites (N-methyl/N-ethyl adjacent to an activating group) is 2. The van der Waals surface area contributed by atoms with Gasteiger partial charge in [-0.2, -0.15) is 4.74 Å². The van der Waals surface area contributed by atoms with E-state index in [4.69, 9.17) is 4.74 Å². The van der Waals surface area contributed by atoms with E-state index in [1.165, 1.54) is 0 Å². The summed E-state index contributed by atoms with van der Waals surface area (Å²) in [6, 6.07) is 0. The van der Waals surface area contributed by atoms with Gasteiger partial charge in [0.25, 0.3) is 0 Å². The van der Waals surface area contributed by atoms with Crippen LogP contribution in [-0.4, -0.2) is 50.8 Å². The summed E-state index contributed by atoms with van der Waals surface area (Å²) in [5, 5.41) is 0. The van der Waals surface area contributed by atoms with Crippen LogP contribution in [0, 0.1) is 6.61 Å². The van der Waals surface area contributed by atoms with Crippen LogP contribution in [0.15, 0.2) is 0 Å². The molecular formula is C9H21N2O+. The molecule has 0 aromatic carbocycles. The molecule has 0 aromatic heterocycles. The molecule has 0 aliphatic carbocycles. The van der Waals surface area contributed by atoms with Crippen LogP contribution in [0.3, 0.4) is 0 Å². The fourth-order valence-electron chi connectivity index (χ4n) is 1.03. The molecule has 0 radical (unpaired) electrons. The van der Waals surface area contributed by atoms with E-state index in [1.54, 1.807) is 0 Å². The fraction of sp³-hybridized carbons (Fsp3) is 0.889. The Morgan fingerprint density at radius 1 is 1.17 bits per heavy atom. The molecule has 0 atom stereocenters. The van der Waals surface area contributed by atoms with Gasteiger partial charge in [-0.1, -0.05) is 0 Å². The first-order chi connectivity index (χ1) is 5.59. The third-order valence-electron chi connectivity index (χ3n) is 1.72. The monoisotopic (exact) mass is 173 g/mol. The first-order valence-corrected chi connectivity index (χ1v) is 4.35. The van der Waals surface area contributed by atoms with E-state index in [0.29, 0.717) is 6.17 Å². The molecule has 3 nitrogen and oxygen atoms in total. The third kappa shape index (κ3) is 4.59. The Morgan fingerprint density at radius 2 is 1.67 bits per heavy atom. The highest BCUT2D eigenvalue weighted by atomic mass is 16.5. The molecule has 0 aliphatic heterocycles. The van der Waals surface area contributed by atoms with Crippen LogP contribution >= 0.6 is 0 Å². The molecule has 0 saturated heterocycles. The lowest BCUT2D eigenvalue weighted by Crippen LogP contribution is -2.43. The van der Waals surface area contributed by atoms with Gasteiger partial charge in [0.1, 0.15) is 13.0 Å². The lowest BCUT2D eigenvalue weighted by molar-refractivity contribution is 0.0407. The molecule has 3 heteroatoms. The average molecular weight is 173 g/mol. The van der Waals surface area contributed by atoms with Crippen molar-refractivity contribution in [2.75, 3.05) is 34.8 Å². The third-order valence-corrected chi connectivity index (χ3v) is 1.72. The number of ether oxygens (including phenoxy) is 1. The van der Waals surface area contributed by atoms with Crippen LogP contribution in [0.5, 0.6) is 0 Å². The summed E-state index contributed by atoms with van der Waals surface area (Å²) in [5.74, 6) is 0. The zero-order valence-corrected chi connectivity index (χ0v) is 8.87. The van der Waals surface area contributed by atoms with Crippen LogP contribution in [0.25, 0.3) is 0 Å². The largest absolute Gasteiger partial charge is 0.292 e.